The zero-order chi connectivity index (χ0) is 13.8. The van der Waals surface area contributed by atoms with Crippen LogP contribution in [0.25, 0.3) is 0 Å². The van der Waals surface area contributed by atoms with E-state index >= 15 is 0 Å². The fourth-order valence-corrected chi connectivity index (χ4v) is 3.09. The highest BCUT2D eigenvalue weighted by molar-refractivity contribution is 9.11. The SMILES string of the molecule is CCc1cc(CO)cc(N(C)Cc2csc(Br)c2)n1. The number of rotatable bonds is 5. The Kier molecular flexibility index (Phi) is 4.96. The number of aromatic nitrogens is 1. The molecule has 0 amide bonds. The molecule has 3 nitrogen and oxygen atoms in total. The van der Waals surface area contributed by atoms with Gasteiger partial charge in [-0.1, -0.05) is 6.92 Å². The van der Waals surface area contributed by atoms with Crippen molar-refractivity contribution in [1.29, 1.82) is 0 Å². The van der Waals surface area contributed by atoms with Gasteiger partial charge in [-0.2, -0.15) is 0 Å². The maximum atomic E-state index is 9.31. The van der Waals surface area contributed by atoms with Crippen molar-refractivity contribution in [2.24, 2.45) is 0 Å². The second-order valence-corrected chi connectivity index (χ2v) is 6.74. The molecule has 0 saturated carbocycles. The molecular weight excluding hydrogens is 324 g/mol. The van der Waals surface area contributed by atoms with E-state index in [4.69, 9.17) is 0 Å². The van der Waals surface area contributed by atoms with Crippen molar-refractivity contribution in [2.45, 2.75) is 26.5 Å². The topological polar surface area (TPSA) is 36.4 Å². The molecule has 0 aromatic carbocycles. The minimum absolute atomic E-state index is 0.0559. The second-order valence-electron chi connectivity index (χ2n) is 4.45. The molecule has 2 heterocycles. The van der Waals surface area contributed by atoms with Gasteiger partial charge in [-0.25, -0.2) is 4.98 Å². The number of hydrogen-bond donors (Lipinski definition) is 1. The predicted molar refractivity (Wildman–Crippen MR) is 83.7 cm³/mol. The van der Waals surface area contributed by atoms with Gasteiger partial charge in [0.05, 0.1) is 10.4 Å². The molecule has 0 fully saturated rings. The molecule has 0 saturated heterocycles. The summed E-state index contributed by atoms with van der Waals surface area (Å²) < 4.78 is 1.14. The predicted octanol–water partition coefficient (Wildman–Crippen LogP) is 3.60. The Balaban J connectivity index is 2.20. The first-order chi connectivity index (χ1) is 9.12. The first kappa shape index (κ1) is 14.5. The summed E-state index contributed by atoms with van der Waals surface area (Å²) in [6, 6.07) is 6.02. The standard InChI is InChI=1S/C14H17BrN2OS/c1-3-12-4-10(8-18)6-14(16-12)17(2)7-11-5-13(15)19-9-11/h4-6,9,18H,3,7-8H2,1-2H3. The Morgan fingerprint density at radius 1 is 1.32 bits per heavy atom. The van der Waals surface area contributed by atoms with E-state index in [-0.39, 0.29) is 6.61 Å². The highest BCUT2D eigenvalue weighted by Crippen LogP contribution is 2.23. The van der Waals surface area contributed by atoms with Crippen LogP contribution < -0.4 is 4.90 Å². The van der Waals surface area contributed by atoms with Crippen LogP contribution >= 0.6 is 27.3 Å². The summed E-state index contributed by atoms with van der Waals surface area (Å²) in [5.41, 5.74) is 3.19. The van der Waals surface area contributed by atoms with E-state index in [9.17, 15) is 5.11 Å². The first-order valence-corrected chi connectivity index (χ1v) is 7.84. The summed E-state index contributed by atoms with van der Waals surface area (Å²) >= 11 is 5.16. The Labute approximate surface area is 126 Å². The Morgan fingerprint density at radius 3 is 2.68 bits per heavy atom. The third kappa shape index (κ3) is 3.78. The molecule has 2 aromatic rings. The Morgan fingerprint density at radius 2 is 2.11 bits per heavy atom. The van der Waals surface area contributed by atoms with Gasteiger partial charge in [-0.15, -0.1) is 11.3 Å². The van der Waals surface area contributed by atoms with Crippen molar-refractivity contribution >= 4 is 33.1 Å². The maximum Gasteiger partial charge on any atom is 0.129 e. The summed E-state index contributed by atoms with van der Waals surface area (Å²) in [5, 5.41) is 11.4. The van der Waals surface area contributed by atoms with Crippen LogP contribution in [0.3, 0.4) is 0 Å². The number of thiophene rings is 1. The molecule has 0 spiro atoms. The minimum Gasteiger partial charge on any atom is -0.392 e. The van der Waals surface area contributed by atoms with Crippen LogP contribution in [-0.2, 0) is 19.6 Å². The minimum atomic E-state index is 0.0559. The molecule has 0 radical (unpaired) electrons. The number of nitrogens with zero attached hydrogens (tertiary/aromatic N) is 2. The number of pyridine rings is 1. The molecule has 5 heteroatoms. The van der Waals surface area contributed by atoms with Crippen LogP contribution in [0.5, 0.6) is 0 Å². The lowest BCUT2D eigenvalue weighted by atomic mass is 10.2. The summed E-state index contributed by atoms with van der Waals surface area (Å²) in [6.07, 6.45) is 0.874. The third-order valence-corrected chi connectivity index (χ3v) is 4.46. The van der Waals surface area contributed by atoms with Crippen molar-refractivity contribution in [2.75, 3.05) is 11.9 Å². The molecular formula is C14H17BrN2OS. The van der Waals surface area contributed by atoms with E-state index < -0.39 is 0 Å². The lowest BCUT2D eigenvalue weighted by Gasteiger charge is -2.19. The van der Waals surface area contributed by atoms with Crippen molar-refractivity contribution in [3.63, 3.8) is 0 Å². The van der Waals surface area contributed by atoms with E-state index in [1.807, 2.05) is 19.2 Å². The van der Waals surface area contributed by atoms with E-state index in [0.717, 1.165) is 33.8 Å². The van der Waals surface area contributed by atoms with Crippen LogP contribution in [0.15, 0.2) is 27.4 Å². The molecule has 2 aromatic heterocycles. The summed E-state index contributed by atoms with van der Waals surface area (Å²) in [6.45, 7) is 2.94. The average Bonchev–Trinajstić information content (AvgIpc) is 2.83. The first-order valence-electron chi connectivity index (χ1n) is 6.17. The quantitative estimate of drug-likeness (QED) is 0.903. The zero-order valence-electron chi connectivity index (χ0n) is 11.1. The Bertz CT molecular complexity index is 534. The van der Waals surface area contributed by atoms with Gasteiger partial charge in [0.1, 0.15) is 5.82 Å². The van der Waals surface area contributed by atoms with Gasteiger partial charge in [0.25, 0.3) is 0 Å². The number of anilines is 1. The van der Waals surface area contributed by atoms with Crippen LogP contribution in [0.2, 0.25) is 0 Å². The Hall–Kier alpha value is -0.910. The highest BCUT2D eigenvalue weighted by Gasteiger charge is 2.08. The van der Waals surface area contributed by atoms with Crippen molar-refractivity contribution in [3.05, 3.63) is 44.2 Å². The lowest BCUT2D eigenvalue weighted by molar-refractivity contribution is 0.281. The summed E-state index contributed by atoms with van der Waals surface area (Å²) in [4.78, 5) is 6.71. The number of aryl methyl sites for hydroxylation is 1. The second kappa shape index (κ2) is 6.50. The van der Waals surface area contributed by atoms with Gasteiger partial charge < -0.3 is 10.0 Å². The molecule has 19 heavy (non-hydrogen) atoms. The smallest absolute Gasteiger partial charge is 0.129 e. The average molecular weight is 341 g/mol. The van der Waals surface area contributed by atoms with Crippen LogP contribution in [0.1, 0.15) is 23.7 Å². The maximum absolute atomic E-state index is 9.31. The zero-order valence-corrected chi connectivity index (χ0v) is 13.5. The normalized spacial score (nSPS) is 10.7. The van der Waals surface area contributed by atoms with Gasteiger partial charge in [0, 0.05) is 19.3 Å². The van der Waals surface area contributed by atoms with Gasteiger partial charge in [0.15, 0.2) is 0 Å². The fourth-order valence-electron chi connectivity index (χ4n) is 1.88. The molecule has 0 aliphatic carbocycles. The molecule has 0 aliphatic heterocycles. The van der Waals surface area contributed by atoms with Gasteiger partial charge in [-0.3, -0.25) is 0 Å². The summed E-state index contributed by atoms with van der Waals surface area (Å²) in [7, 11) is 2.02. The largest absolute Gasteiger partial charge is 0.392 e. The van der Waals surface area contributed by atoms with Crippen molar-refractivity contribution < 1.29 is 5.11 Å². The molecule has 0 aliphatic rings. The molecule has 1 N–H and O–H groups in total. The number of aliphatic hydroxyl groups excluding tert-OH is 1. The molecule has 0 unspecified atom stereocenters. The molecule has 0 bridgehead atoms. The van der Waals surface area contributed by atoms with Crippen molar-refractivity contribution in [3.8, 4) is 0 Å². The van der Waals surface area contributed by atoms with E-state index in [1.165, 1.54) is 5.56 Å². The van der Waals surface area contributed by atoms with Crippen molar-refractivity contribution in [1.82, 2.24) is 4.98 Å². The molecule has 0 atom stereocenters. The highest BCUT2D eigenvalue weighted by atomic mass is 79.9. The lowest BCUT2D eigenvalue weighted by Crippen LogP contribution is -2.18. The van der Waals surface area contributed by atoms with Crippen LogP contribution in [0.4, 0.5) is 5.82 Å². The third-order valence-electron chi connectivity index (χ3n) is 2.90. The van der Waals surface area contributed by atoms with E-state index in [2.05, 4.69) is 44.2 Å². The number of hydrogen-bond acceptors (Lipinski definition) is 4. The number of halogens is 1. The fraction of sp³-hybridized carbons (Fsp3) is 0.357. The van der Waals surface area contributed by atoms with Crippen LogP contribution in [0, 0.1) is 0 Å². The number of aliphatic hydroxyl groups is 1. The van der Waals surface area contributed by atoms with E-state index in [0.29, 0.717) is 0 Å². The summed E-state index contributed by atoms with van der Waals surface area (Å²) in [5.74, 6) is 0.908. The van der Waals surface area contributed by atoms with E-state index in [1.54, 1.807) is 11.3 Å². The van der Waals surface area contributed by atoms with Gasteiger partial charge >= 0.3 is 0 Å². The van der Waals surface area contributed by atoms with Gasteiger partial charge in [-0.05, 0) is 57.1 Å². The molecule has 102 valence electrons. The van der Waals surface area contributed by atoms with Crippen LogP contribution in [-0.4, -0.2) is 17.1 Å². The molecule has 2 rings (SSSR count). The monoisotopic (exact) mass is 340 g/mol. The van der Waals surface area contributed by atoms with Gasteiger partial charge in [0.2, 0.25) is 0 Å².